The maximum absolute atomic E-state index is 12.7. The third-order valence-electron chi connectivity index (χ3n) is 4.76. The van der Waals surface area contributed by atoms with E-state index in [1.807, 2.05) is 47.0 Å². The minimum atomic E-state index is -0.131. The average molecular weight is 471 g/mol. The molecule has 2 N–H and O–H groups in total. The van der Waals surface area contributed by atoms with Crippen LogP contribution >= 0.6 is 23.1 Å². The highest BCUT2D eigenvalue weighted by atomic mass is 32.2. The van der Waals surface area contributed by atoms with Crippen LogP contribution in [-0.2, 0) is 6.54 Å². The van der Waals surface area contributed by atoms with Gasteiger partial charge in [0.1, 0.15) is 10.7 Å². The molecule has 0 radical (unpaired) electrons. The number of aromatic nitrogens is 6. The quantitative estimate of drug-likeness (QED) is 0.285. The third kappa shape index (κ3) is 4.78. The third-order valence-corrected chi connectivity index (χ3v) is 6.48. The summed E-state index contributed by atoms with van der Waals surface area (Å²) in [6.45, 7) is 7.91. The summed E-state index contributed by atoms with van der Waals surface area (Å²) in [5, 5.41) is 13.2. The van der Waals surface area contributed by atoms with E-state index in [1.165, 1.54) is 23.1 Å². The molecule has 11 heteroatoms. The van der Waals surface area contributed by atoms with Crippen molar-refractivity contribution in [3.63, 3.8) is 0 Å². The van der Waals surface area contributed by atoms with Crippen molar-refractivity contribution in [3.05, 3.63) is 41.3 Å². The van der Waals surface area contributed by atoms with Crippen LogP contribution in [0.1, 0.15) is 29.2 Å². The lowest BCUT2D eigenvalue weighted by Gasteiger charge is -2.10. The first kappa shape index (κ1) is 22.3. The van der Waals surface area contributed by atoms with Crippen LogP contribution in [0.15, 0.2) is 35.9 Å². The molecule has 0 spiro atoms. The SMILES string of the molecule is CSc1nc(NCC(C)C)c2cnn(CCNC(=O)c3sc(-n4cccc4)nc3C)c2n1. The lowest BCUT2D eigenvalue weighted by atomic mass is 10.2. The summed E-state index contributed by atoms with van der Waals surface area (Å²) in [5.74, 6) is 1.16. The number of carbonyl (C=O) groups is 1. The molecule has 0 aromatic carbocycles. The Hall–Kier alpha value is -2.92. The highest BCUT2D eigenvalue weighted by Crippen LogP contribution is 2.24. The number of carbonyl (C=O) groups excluding carboxylic acids is 1. The molecular formula is C21H26N8OS2. The molecule has 0 atom stereocenters. The zero-order valence-corrected chi connectivity index (χ0v) is 20.1. The maximum atomic E-state index is 12.7. The molecule has 0 aliphatic carbocycles. The van der Waals surface area contributed by atoms with E-state index < -0.39 is 0 Å². The maximum Gasteiger partial charge on any atom is 0.263 e. The Morgan fingerprint density at radius 1 is 1.22 bits per heavy atom. The Morgan fingerprint density at radius 2 is 2.00 bits per heavy atom. The molecule has 0 aliphatic rings. The first-order chi connectivity index (χ1) is 15.5. The molecule has 4 rings (SSSR count). The fourth-order valence-electron chi connectivity index (χ4n) is 3.15. The molecular weight excluding hydrogens is 444 g/mol. The summed E-state index contributed by atoms with van der Waals surface area (Å²) in [6, 6.07) is 3.86. The number of thioether (sulfide) groups is 1. The van der Waals surface area contributed by atoms with Gasteiger partial charge in [0, 0.05) is 25.5 Å². The van der Waals surface area contributed by atoms with Gasteiger partial charge in [0.2, 0.25) is 0 Å². The summed E-state index contributed by atoms with van der Waals surface area (Å²) in [5.41, 5.74) is 1.48. The van der Waals surface area contributed by atoms with Crippen molar-refractivity contribution in [3.8, 4) is 5.13 Å². The molecule has 168 valence electrons. The lowest BCUT2D eigenvalue weighted by molar-refractivity contribution is 0.0955. The van der Waals surface area contributed by atoms with E-state index >= 15 is 0 Å². The van der Waals surface area contributed by atoms with Gasteiger partial charge in [-0.2, -0.15) is 5.10 Å². The smallest absolute Gasteiger partial charge is 0.263 e. The first-order valence-corrected chi connectivity index (χ1v) is 12.4. The van der Waals surface area contributed by atoms with Gasteiger partial charge in [-0.05, 0) is 31.2 Å². The summed E-state index contributed by atoms with van der Waals surface area (Å²) in [4.78, 5) is 27.1. The number of fused-ring (bicyclic) bond motifs is 1. The normalized spacial score (nSPS) is 11.4. The monoisotopic (exact) mass is 470 g/mol. The van der Waals surface area contributed by atoms with Crippen molar-refractivity contribution >= 4 is 45.9 Å². The number of anilines is 1. The molecule has 9 nitrogen and oxygen atoms in total. The topological polar surface area (TPSA) is 103 Å². The van der Waals surface area contributed by atoms with Crippen LogP contribution in [0.25, 0.3) is 16.2 Å². The Morgan fingerprint density at radius 3 is 2.72 bits per heavy atom. The average Bonchev–Trinajstić information content (AvgIpc) is 3.51. The highest BCUT2D eigenvalue weighted by Gasteiger charge is 2.17. The van der Waals surface area contributed by atoms with Gasteiger partial charge in [0.05, 0.1) is 23.8 Å². The number of hydrogen-bond donors (Lipinski definition) is 2. The van der Waals surface area contributed by atoms with Crippen LogP contribution in [0.3, 0.4) is 0 Å². The van der Waals surface area contributed by atoms with E-state index in [9.17, 15) is 4.79 Å². The standard InChI is InChI=1S/C21H26N8OS2/c1-13(2)11-23-17-15-12-24-29(18(15)27-20(26-17)31-4)10-7-22-19(30)16-14(3)25-21(32-16)28-8-5-6-9-28/h5-6,8-9,12-13H,7,10-11H2,1-4H3,(H,22,30)(H,23,26,27). The summed E-state index contributed by atoms with van der Waals surface area (Å²) < 4.78 is 3.71. The van der Waals surface area contributed by atoms with Gasteiger partial charge in [0.15, 0.2) is 15.9 Å². The van der Waals surface area contributed by atoms with Crippen LogP contribution in [0, 0.1) is 12.8 Å². The number of nitrogens with zero attached hydrogens (tertiary/aromatic N) is 6. The van der Waals surface area contributed by atoms with Crippen LogP contribution in [0.5, 0.6) is 0 Å². The zero-order chi connectivity index (χ0) is 22.7. The van der Waals surface area contributed by atoms with Crippen molar-refractivity contribution in [1.82, 2.24) is 34.6 Å². The van der Waals surface area contributed by atoms with E-state index in [0.29, 0.717) is 29.0 Å². The van der Waals surface area contributed by atoms with E-state index in [0.717, 1.165) is 34.2 Å². The summed E-state index contributed by atoms with van der Waals surface area (Å²) in [6.07, 6.45) is 7.56. The Kier molecular flexibility index (Phi) is 6.75. The van der Waals surface area contributed by atoms with Crippen molar-refractivity contribution < 1.29 is 4.79 Å². The number of amides is 1. The molecule has 4 heterocycles. The molecule has 0 saturated heterocycles. The number of rotatable bonds is 9. The first-order valence-electron chi connectivity index (χ1n) is 10.4. The molecule has 0 aliphatic heterocycles. The van der Waals surface area contributed by atoms with Crippen LogP contribution in [0.2, 0.25) is 0 Å². The minimum absolute atomic E-state index is 0.131. The van der Waals surface area contributed by atoms with Crippen LogP contribution < -0.4 is 10.6 Å². The number of hydrogen-bond acceptors (Lipinski definition) is 8. The Labute approximate surface area is 194 Å². The lowest BCUT2D eigenvalue weighted by Crippen LogP contribution is -2.27. The fourth-order valence-corrected chi connectivity index (χ4v) is 4.46. The second-order valence-corrected chi connectivity index (χ2v) is 9.45. The van der Waals surface area contributed by atoms with Gasteiger partial charge >= 0.3 is 0 Å². The Bertz CT molecular complexity index is 1210. The van der Waals surface area contributed by atoms with Crippen molar-refractivity contribution in [2.45, 2.75) is 32.5 Å². The van der Waals surface area contributed by atoms with Crippen molar-refractivity contribution in [2.75, 3.05) is 24.7 Å². The molecule has 0 fully saturated rings. The van der Waals surface area contributed by atoms with Crippen LogP contribution in [-0.4, -0.2) is 54.6 Å². The van der Waals surface area contributed by atoms with E-state index in [4.69, 9.17) is 0 Å². The number of nitrogens with one attached hydrogen (secondary N) is 2. The predicted octanol–water partition coefficient (Wildman–Crippen LogP) is 3.60. The summed E-state index contributed by atoms with van der Waals surface area (Å²) in [7, 11) is 0. The predicted molar refractivity (Wildman–Crippen MR) is 129 cm³/mol. The van der Waals surface area contributed by atoms with Crippen molar-refractivity contribution in [2.24, 2.45) is 5.92 Å². The molecule has 0 unspecified atom stereocenters. The molecule has 0 saturated carbocycles. The van der Waals surface area contributed by atoms with Gasteiger partial charge in [-0.1, -0.05) is 36.9 Å². The van der Waals surface area contributed by atoms with Gasteiger partial charge < -0.3 is 15.2 Å². The molecule has 0 bridgehead atoms. The van der Waals surface area contributed by atoms with E-state index in [-0.39, 0.29) is 5.91 Å². The van der Waals surface area contributed by atoms with Gasteiger partial charge in [0.25, 0.3) is 5.91 Å². The minimum Gasteiger partial charge on any atom is -0.369 e. The number of thiazole rings is 1. The van der Waals surface area contributed by atoms with Gasteiger partial charge in [-0.3, -0.25) is 4.79 Å². The Balaban J connectivity index is 1.45. The second kappa shape index (κ2) is 9.70. The highest BCUT2D eigenvalue weighted by molar-refractivity contribution is 7.98. The van der Waals surface area contributed by atoms with Crippen molar-refractivity contribution in [1.29, 1.82) is 0 Å². The fraction of sp³-hybridized carbons (Fsp3) is 0.381. The molecule has 1 amide bonds. The molecule has 4 aromatic rings. The largest absolute Gasteiger partial charge is 0.369 e. The van der Waals surface area contributed by atoms with Crippen LogP contribution in [0.4, 0.5) is 5.82 Å². The number of aryl methyl sites for hydroxylation is 1. The van der Waals surface area contributed by atoms with E-state index in [2.05, 4.69) is 44.5 Å². The van der Waals surface area contributed by atoms with Gasteiger partial charge in [-0.25, -0.2) is 19.6 Å². The molecule has 32 heavy (non-hydrogen) atoms. The molecule has 4 aromatic heterocycles. The second-order valence-electron chi connectivity index (χ2n) is 7.70. The van der Waals surface area contributed by atoms with E-state index in [1.54, 1.807) is 6.20 Å². The zero-order valence-electron chi connectivity index (χ0n) is 18.5. The van der Waals surface area contributed by atoms with Gasteiger partial charge in [-0.15, -0.1) is 0 Å². The summed E-state index contributed by atoms with van der Waals surface area (Å²) >= 11 is 2.87.